The Kier molecular flexibility index (Phi) is 4.06. The Morgan fingerprint density at radius 1 is 1.21 bits per heavy atom. The Balaban J connectivity index is 2.07. The van der Waals surface area contributed by atoms with Gasteiger partial charge in [-0.25, -0.2) is 13.1 Å². The lowest BCUT2D eigenvalue weighted by atomic mass is 10.2. The van der Waals surface area contributed by atoms with Crippen LogP contribution in [0.1, 0.15) is 16.1 Å². The summed E-state index contributed by atoms with van der Waals surface area (Å²) >= 11 is 3.26. The van der Waals surface area contributed by atoms with Crippen LogP contribution in [-0.2, 0) is 15.8 Å². The molecule has 2 rings (SSSR count). The van der Waals surface area contributed by atoms with E-state index in [4.69, 9.17) is 4.42 Å². The first-order valence-corrected chi connectivity index (χ1v) is 7.73. The van der Waals surface area contributed by atoms with E-state index >= 15 is 0 Å². The molecule has 100 valence electrons. The van der Waals surface area contributed by atoms with Crippen molar-refractivity contribution in [1.29, 1.82) is 0 Å². The number of carbonyl (C=O) groups is 1. The van der Waals surface area contributed by atoms with Crippen LogP contribution in [0.5, 0.6) is 0 Å². The van der Waals surface area contributed by atoms with Crippen LogP contribution >= 0.6 is 15.9 Å². The minimum atomic E-state index is -3.75. The average Bonchev–Trinajstić information content (AvgIpc) is 2.85. The van der Waals surface area contributed by atoms with E-state index in [1.165, 1.54) is 18.4 Å². The number of benzene rings is 1. The van der Waals surface area contributed by atoms with Gasteiger partial charge >= 0.3 is 0 Å². The fourth-order valence-electron chi connectivity index (χ4n) is 1.44. The maximum Gasteiger partial charge on any atom is 0.300 e. The average molecular weight is 344 g/mol. The molecule has 0 aliphatic carbocycles. The Hall–Kier alpha value is -1.60. The standard InChI is InChI=1S/C12H10BrNO4S/c13-10-5-3-9(4-6-10)8-19(16,17)14-12(15)11-2-1-7-18-11/h1-7H,8H2,(H,14,15). The highest BCUT2D eigenvalue weighted by Gasteiger charge is 2.18. The van der Waals surface area contributed by atoms with E-state index in [0.29, 0.717) is 5.56 Å². The molecular weight excluding hydrogens is 334 g/mol. The maximum absolute atomic E-state index is 11.8. The van der Waals surface area contributed by atoms with Crippen molar-refractivity contribution < 1.29 is 17.6 Å². The van der Waals surface area contributed by atoms with Gasteiger partial charge < -0.3 is 4.42 Å². The number of hydrogen-bond acceptors (Lipinski definition) is 4. The lowest BCUT2D eigenvalue weighted by molar-refractivity contribution is 0.0954. The molecule has 0 unspecified atom stereocenters. The Morgan fingerprint density at radius 2 is 1.89 bits per heavy atom. The second-order valence-corrected chi connectivity index (χ2v) is 6.43. The third kappa shape index (κ3) is 3.93. The molecular formula is C12H10BrNO4S. The Bertz CT molecular complexity index is 662. The molecule has 7 heteroatoms. The lowest BCUT2D eigenvalue weighted by Crippen LogP contribution is -2.31. The highest BCUT2D eigenvalue weighted by molar-refractivity contribution is 9.10. The molecule has 0 saturated heterocycles. The first kappa shape index (κ1) is 13.8. The third-order valence-corrected chi connectivity index (χ3v) is 4.00. The molecule has 0 bridgehead atoms. The van der Waals surface area contributed by atoms with Gasteiger partial charge in [-0.05, 0) is 29.8 Å². The number of sulfonamides is 1. The normalized spacial score (nSPS) is 11.2. The van der Waals surface area contributed by atoms with Crippen molar-refractivity contribution in [1.82, 2.24) is 4.72 Å². The SMILES string of the molecule is O=C(NS(=O)(=O)Cc1ccc(Br)cc1)c1ccco1. The summed E-state index contributed by atoms with van der Waals surface area (Å²) < 4.78 is 31.2. The van der Waals surface area contributed by atoms with Gasteiger partial charge in [0.05, 0.1) is 12.0 Å². The van der Waals surface area contributed by atoms with Crippen LogP contribution in [0.4, 0.5) is 0 Å². The molecule has 0 saturated carbocycles. The van der Waals surface area contributed by atoms with E-state index in [1.807, 2.05) is 4.72 Å². The fourth-order valence-corrected chi connectivity index (χ4v) is 2.79. The van der Waals surface area contributed by atoms with Crippen LogP contribution in [0.25, 0.3) is 0 Å². The molecule has 1 amide bonds. The quantitative estimate of drug-likeness (QED) is 0.923. The van der Waals surface area contributed by atoms with Crippen LogP contribution in [0, 0.1) is 0 Å². The largest absolute Gasteiger partial charge is 0.459 e. The number of amides is 1. The first-order valence-electron chi connectivity index (χ1n) is 5.29. The zero-order chi connectivity index (χ0) is 13.9. The molecule has 0 spiro atoms. The van der Waals surface area contributed by atoms with Gasteiger partial charge in [-0.15, -0.1) is 0 Å². The van der Waals surface area contributed by atoms with Gasteiger partial charge in [-0.2, -0.15) is 0 Å². The number of rotatable bonds is 4. The summed E-state index contributed by atoms with van der Waals surface area (Å²) in [6.45, 7) is 0. The molecule has 5 nitrogen and oxygen atoms in total. The summed E-state index contributed by atoms with van der Waals surface area (Å²) in [7, 11) is -3.75. The van der Waals surface area contributed by atoms with Gasteiger partial charge in [0.2, 0.25) is 10.0 Å². The predicted octanol–water partition coefficient (Wildman–Crippen LogP) is 2.30. The number of halogens is 1. The number of nitrogens with one attached hydrogen (secondary N) is 1. The molecule has 2 aromatic rings. The second kappa shape index (κ2) is 5.58. The number of furan rings is 1. The van der Waals surface area contributed by atoms with Crippen molar-refractivity contribution in [2.45, 2.75) is 5.75 Å². The van der Waals surface area contributed by atoms with Gasteiger partial charge in [0, 0.05) is 4.47 Å². The van der Waals surface area contributed by atoms with Crippen molar-refractivity contribution in [3.05, 3.63) is 58.5 Å². The number of hydrogen-bond donors (Lipinski definition) is 1. The summed E-state index contributed by atoms with van der Waals surface area (Å²) in [5.41, 5.74) is 0.586. The molecule has 1 aromatic heterocycles. The lowest BCUT2D eigenvalue weighted by Gasteiger charge is -2.05. The molecule has 1 N–H and O–H groups in total. The van der Waals surface area contributed by atoms with Crippen molar-refractivity contribution >= 4 is 31.9 Å². The van der Waals surface area contributed by atoms with E-state index in [1.54, 1.807) is 24.3 Å². The van der Waals surface area contributed by atoms with Crippen LogP contribution in [-0.4, -0.2) is 14.3 Å². The van der Waals surface area contributed by atoms with Gasteiger partial charge in [0.1, 0.15) is 0 Å². The smallest absolute Gasteiger partial charge is 0.300 e. The van der Waals surface area contributed by atoms with Gasteiger partial charge in [-0.1, -0.05) is 28.1 Å². The first-order chi connectivity index (χ1) is 8.96. The van der Waals surface area contributed by atoms with E-state index in [2.05, 4.69) is 15.9 Å². The summed E-state index contributed by atoms with van der Waals surface area (Å²) in [4.78, 5) is 11.6. The summed E-state index contributed by atoms with van der Waals surface area (Å²) in [5.74, 6) is -1.09. The van der Waals surface area contributed by atoms with Gasteiger partial charge in [0.25, 0.3) is 5.91 Å². The molecule has 0 radical (unpaired) electrons. The van der Waals surface area contributed by atoms with Gasteiger partial charge in [0.15, 0.2) is 5.76 Å². The van der Waals surface area contributed by atoms with Crippen molar-refractivity contribution in [3.63, 3.8) is 0 Å². The molecule has 0 fully saturated rings. The minimum absolute atomic E-state index is 0.0422. The maximum atomic E-state index is 11.8. The second-order valence-electron chi connectivity index (χ2n) is 3.79. The van der Waals surface area contributed by atoms with Crippen molar-refractivity contribution in [2.24, 2.45) is 0 Å². The van der Waals surface area contributed by atoms with E-state index in [0.717, 1.165) is 4.47 Å². The highest BCUT2D eigenvalue weighted by atomic mass is 79.9. The molecule has 0 atom stereocenters. The topological polar surface area (TPSA) is 76.4 Å². The zero-order valence-corrected chi connectivity index (χ0v) is 12.1. The van der Waals surface area contributed by atoms with Crippen molar-refractivity contribution in [2.75, 3.05) is 0 Å². The molecule has 0 aliphatic rings. The van der Waals surface area contributed by atoms with Crippen LogP contribution in [0.3, 0.4) is 0 Å². The van der Waals surface area contributed by atoms with E-state index in [-0.39, 0.29) is 11.5 Å². The third-order valence-electron chi connectivity index (χ3n) is 2.26. The molecule has 0 aliphatic heterocycles. The Labute approximate surface area is 118 Å². The summed E-state index contributed by atoms with van der Waals surface area (Å²) in [5, 5.41) is 0. The van der Waals surface area contributed by atoms with E-state index in [9.17, 15) is 13.2 Å². The molecule has 1 heterocycles. The van der Waals surface area contributed by atoms with Gasteiger partial charge in [-0.3, -0.25) is 4.79 Å². The van der Waals surface area contributed by atoms with E-state index < -0.39 is 15.9 Å². The van der Waals surface area contributed by atoms with Crippen LogP contribution in [0.15, 0.2) is 51.6 Å². The zero-order valence-electron chi connectivity index (χ0n) is 9.67. The monoisotopic (exact) mass is 343 g/mol. The van der Waals surface area contributed by atoms with Crippen LogP contribution < -0.4 is 4.72 Å². The predicted molar refractivity (Wildman–Crippen MR) is 72.9 cm³/mol. The number of carbonyl (C=O) groups excluding carboxylic acids is 1. The minimum Gasteiger partial charge on any atom is -0.459 e. The Morgan fingerprint density at radius 3 is 2.47 bits per heavy atom. The molecule has 19 heavy (non-hydrogen) atoms. The van der Waals surface area contributed by atoms with Crippen molar-refractivity contribution in [3.8, 4) is 0 Å². The molecule has 1 aromatic carbocycles. The highest BCUT2D eigenvalue weighted by Crippen LogP contribution is 2.12. The van der Waals surface area contributed by atoms with Crippen LogP contribution in [0.2, 0.25) is 0 Å². The fraction of sp³-hybridized carbons (Fsp3) is 0.0833. The summed E-state index contributed by atoms with van der Waals surface area (Å²) in [6.07, 6.45) is 1.30. The summed E-state index contributed by atoms with van der Waals surface area (Å²) in [6, 6.07) is 9.71.